The van der Waals surface area contributed by atoms with E-state index in [1.807, 2.05) is 13.8 Å². The van der Waals surface area contributed by atoms with Crippen LogP contribution >= 0.6 is 0 Å². The third-order valence-electron chi connectivity index (χ3n) is 2.78. The Balaban J connectivity index is 2.54. The molecule has 0 aliphatic rings. The number of anilines is 1. The average molecular weight is 281 g/mol. The monoisotopic (exact) mass is 281 g/mol. The second kappa shape index (κ2) is 7.32. The number of esters is 1. The topological polar surface area (TPSA) is 94.6 Å². The van der Waals surface area contributed by atoms with Gasteiger partial charge in [0.25, 0.3) is 11.5 Å². The molecule has 1 aromatic rings. The van der Waals surface area contributed by atoms with Crippen molar-refractivity contribution in [3.05, 3.63) is 28.7 Å². The molecule has 0 saturated heterocycles. The summed E-state index contributed by atoms with van der Waals surface area (Å²) in [6, 6.07) is 2.72. The molecule has 7 nitrogen and oxygen atoms in total. The number of hydrogen-bond donors (Lipinski definition) is 1. The van der Waals surface area contributed by atoms with E-state index in [-0.39, 0.29) is 24.6 Å². The second-order valence-electron chi connectivity index (χ2n) is 4.16. The van der Waals surface area contributed by atoms with Crippen LogP contribution in [0.1, 0.15) is 13.8 Å². The minimum atomic E-state index is -0.654. The highest BCUT2D eigenvalue weighted by Gasteiger charge is 2.13. The van der Waals surface area contributed by atoms with Crippen LogP contribution in [0.5, 0.6) is 0 Å². The molecule has 110 valence electrons. The zero-order valence-electron chi connectivity index (χ0n) is 11.7. The smallest absolute Gasteiger partial charge is 0.326 e. The maximum atomic E-state index is 11.6. The van der Waals surface area contributed by atoms with Crippen LogP contribution in [0, 0.1) is 0 Å². The van der Waals surface area contributed by atoms with Gasteiger partial charge in [-0.25, -0.2) is 0 Å². The third kappa shape index (κ3) is 4.42. The molecule has 0 fully saturated rings. The van der Waals surface area contributed by atoms with Gasteiger partial charge >= 0.3 is 5.97 Å². The van der Waals surface area contributed by atoms with Gasteiger partial charge in [-0.1, -0.05) is 0 Å². The lowest BCUT2D eigenvalue weighted by Gasteiger charge is -2.18. The summed E-state index contributed by atoms with van der Waals surface area (Å²) >= 11 is 0. The molecule has 0 unspecified atom stereocenters. The van der Waals surface area contributed by atoms with Crippen molar-refractivity contribution in [3.8, 4) is 0 Å². The summed E-state index contributed by atoms with van der Waals surface area (Å²) in [5.41, 5.74) is 5.55. The summed E-state index contributed by atoms with van der Waals surface area (Å²) < 4.78 is 6.00. The minimum Gasteiger partial charge on any atom is -0.454 e. The molecule has 0 aromatic carbocycles. The first kappa shape index (κ1) is 15.7. The number of ether oxygens (including phenoxy) is 1. The molecule has 0 spiro atoms. The lowest BCUT2D eigenvalue weighted by Crippen LogP contribution is -2.35. The van der Waals surface area contributed by atoms with Crippen LogP contribution < -0.4 is 11.3 Å². The van der Waals surface area contributed by atoms with Crippen molar-refractivity contribution in [1.29, 1.82) is 0 Å². The van der Waals surface area contributed by atoms with E-state index in [2.05, 4.69) is 0 Å². The average Bonchev–Trinajstić information content (AvgIpc) is 2.42. The first-order valence-corrected chi connectivity index (χ1v) is 6.37. The fraction of sp³-hybridized carbons (Fsp3) is 0.462. The van der Waals surface area contributed by atoms with E-state index < -0.39 is 5.97 Å². The predicted octanol–water partition coefficient (Wildman–Crippen LogP) is -0.158. The van der Waals surface area contributed by atoms with Gasteiger partial charge in [-0.15, -0.1) is 0 Å². The van der Waals surface area contributed by atoms with E-state index >= 15 is 0 Å². The standard InChI is InChI=1S/C13H19N3O4/c1-3-15(4-2)12(18)9-20-13(19)8-16-7-10(14)5-6-11(16)17/h5-7H,3-4,8-9,14H2,1-2H3. The summed E-state index contributed by atoms with van der Waals surface area (Å²) in [4.78, 5) is 36.3. The van der Waals surface area contributed by atoms with E-state index in [0.717, 1.165) is 4.57 Å². The molecule has 0 aliphatic carbocycles. The summed E-state index contributed by atoms with van der Waals surface area (Å²) in [7, 11) is 0. The van der Waals surface area contributed by atoms with Crippen molar-refractivity contribution in [2.45, 2.75) is 20.4 Å². The molecule has 0 saturated carbocycles. The molecule has 0 atom stereocenters. The SMILES string of the molecule is CCN(CC)C(=O)COC(=O)Cn1cc(N)ccc1=O. The molecular weight excluding hydrogens is 262 g/mol. The molecule has 0 aliphatic heterocycles. The molecule has 2 N–H and O–H groups in total. The van der Waals surface area contributed by atoms with E-state index in [1.165, 1.54) is 18.3 Å². The number of nitrogen functional groups attached to an aromatic ring is 1. The van der Waals surface area contributed by atoms with Gasteiger partial charge < -0.3 is 19.9 Å². The number of amides is 1. The Morgan fingerprint density at radius 1 is 1.30 bits per heavy atom. The largest absolute Gasteiger partial charge is 0.454 e. The van der Waals surface area contributed by atoms with Crippen LogP contribution in [0.2, 0.25) is 0 Å². The number of carbonyl (C=O) groups excluding carboxylic acids is 2. The van der Waals surface area contributed by atoms with E-state index in [4.69, 9.17) is 10.5 Å². The zero-order chi connectivity index (χ0) is 15.1. The van der Waals surface area contributed by atoms with Crippen molar-refractivity contribution >= 4 is 17.6 Å². The highest BCUT2D eigenvalue weighted by atomic mass is 16.5. The highest BCUT2D eigenvalue weighted by molar-refractivity contribution is 5.80. The maximum absolute atomic E-state index is 11.6. The molecular formula is C13H19N3O4. The van der Waals surface area contributed by atoms with Crippen molar-refractivity contribution in [2.24, 2.45) is 0 Å². The maximum Gasteiger partial charge on any atom is 0.326 e. The zero-order valence-corrected chi connectivity index (χ0v) is 11.7. The number of rotatable bonds is 6. The van der Waals surface area contributed by atoms with Gasteiger partial charge in [0.05, 0.1) is 0 Å². The molecule has 1 aromatic heterocycles. The lowest BCUT2D eigenvalue weighted by molar-refractivity contribution is -0.152. The van der Waals surface area contributed by atoms with E-state index in [9.17, 15) is 14.4 Å². The fourth-order valence-corrected chi connectivity index (χ4v) is 1.67. The summed E-state index contributed by atoms with van der Waals surface area (Å²) in [5, 5.41) is 0. The minimum absolute atomic E-state index is 0.261. The summed E-state index contributed by atoms with van der Waals surface area (Å²) in [6.07, 6.45) is 1.36. The van der Waals surface area contributed by atoms with Crippen LogP contribution in [0.3, 0.4) is 0 Å². The van der Waals surface area contributed by atoms with Gasteiger partial charge in [-0.05, 0) is 19.9 Å². The van der Waals surface area contributed by atoms with Gasteiger partial charge in [-0.2, -0.15) is 0 Å². The Hall–Kier alpha value is -2.31. The van der Waals surface area contributed by atoms with Crippen molar-refractivity contribution in [3.63, 3.8) is 0 Å². The van der Waals surface area contributed by atoms with Gasteiger partial charge in [0.2, 0.25) is 0 Å². The molecule has 20 heavy (non-hydrogen) atoms. The van der Waals surface area contributed by atoms with Gasteiger partial charge in [-0.3, -0.25) is 14.4 Å². The number of aromatic nitrogens is 1. The van der Waals surface area contributed by atoms with Crippen molar-refractivity contribution in [2.75, 3.05) is 25.4 Å². The first-order valence-electron chi connectivity index (χ1n) is 6.37. The Morgan fingerprint density at radius 2 is 1.95 bits per heavy atom. The summed E-state index contributed by atoms with van der Waals surface area (Å²) in [5.74, 6) is -0.915. The van der Waals surface area contributed by atoms with Crippen LogP contribution in [0.25, 0.3) is 0 Å². The Bertz CT molecular complexity index is 535. The third-order valence-corrected chi connectivity index (χ3v) is 2.78. The molecule has 1 rings (SSSR count). The number of pyridine rings is 1. The number of likely N-dealkylation sites (N-methyl/N-ethyl adjacent to an activating group) is 1. The van der Waals surface area contributed by atoms with Gasteiger partial charge in [0.1, 0.15) is 6.54 Å². The second-order valence-corrected chi connectivity index (χ2v) is 4.16. The van der Waals surface area contributed by atoms with E-state index in [1.54, 1.807) is 4.90 Å². The Labute approximate surface area is 116 Å². The molecule has 0 bridgehead atoms. The Kier molecular flexibility index (Phi) is 5.76. The predicted molar refractivity (Wildman–Crippen MR) is 74.0 cm³/mol. The van der Waals surface area contributed by atoms with Crippen molar-refractivity contribution < 1.29 is 14.3 Å². The quantitative estimate of drug-likeness (QED) is 0.731. The van der Waals surface area contributed by atoms with Crippen molar-refractivity contribution in [1.82, 2.24) is 9.47 Å². The normalized spacial score (nSPS) is 10.1. The van der Waals surface area contributed by atoms with Crippen LogP contribution in [-0.2, 0) is 20.9 Å². The summed E-state index contributed by atoms with van der Waals surface area (Å²) in [6.45, 7) is 4.21. The number of nitrogens with two attached hydrogens (primary N) is 1. The lowest BCUT2D eigenvalue weighted by atomic mass is 10.4. The first-order chi connectivity index (χ1) is 9.47. The van der Waals surface area contributed by atoms with Crippen LogP contribution in [-0.4, -0.2) is 41.0 Å². The highest BCUT2D eigenvalue weighted by Crippen LogP contribution is 1.97. The Morgan fingerprint density at radius 3 is 2.55 bits per heavy atom. The number of carbonyl (C=O) groups is 2. The molecule has 7 heteroatoms. The molecule has 1 amide bonds. The van der Waals surface area contributed by atoms with Gasteiger partial charge in [0.15, 0.2) is 6.61 Å². The van der Waals surface area contributed by atoms with Gasteiger partial charge in [0, 0.05) is 31.0 Å². The van der Waals surface area contributed by atoms with Crippen LogP contribution in [0.15, 0.2) is 23.1 Å². The van der Waals surface area contributed by atoms with Crippen LogP contribution in [0.4, 0.5) is 5.69 Å². The number of hydrogen-bond acceptors (Lipinski definition) is 5. The number of nitrogens with zero attached hydrogens (tertiary/aromatic N) is 2. The fourth-order valence-electron chi connectivity index (χ4n) is 1.67. The van der Waals surface area contributed by atoms with E-state index in [0.29, 0.717) is 18.8 Å². The molecule has 1 heterocycles. The molecule has 0 radical (unpaired) electrons.